The van der Waals surface area contributed by atoms with Crippen LogP contribution in [0.15, 0.2) is 47.4 Å². The lowest BCUT2D eigenvalue weighted by Gasteiger charge is -2.39. The number of hydrogen-bond acceptors (Lipinski definition) is 7. The highest BCUT2D eigenvalue weighted by Gasteiger charge is 2.38. The number of amides is 2. The normalized spacial score (nSPS) is 18.9. The summed E-state index contributed by atoms with van der Waals surface area (Å²) in [5.41, 5.74) is 3.16. The second kappa shape index (κ2) is 14.1. The Morgan fingerprint density at radius 3 is 2.37 bits per heavy atom. The van der Waals surface area contributed by atoms with Crippen LogP contribution in [0, 0.1) is 23.0 Å². The Kier molecular flexibility index (Phi) is 10.8. The molecule has 2 aromatic rings. The summed E-state index contributed by atoms with van der Waals surface area (Å²) >= 11 is 6.02. The maximum absolute atomic E-state index is 13.7. The molecule has 2 fully saturated rings. The molecule has 2 aliphatic rings. The highest BCUT2D eigenvalue weighted by Crippen LogP contribution is 2.30. The number of nitro groups is 1. The zero-order valence-electron chi connectivity index (χ0n) is 24.8. The molecule has 234 valence electrons. The molecular formula is C30H40ClN5O6S. The van der Waals surface area contributed by atoms with Gasteiger partial charge in [-0.2, -0.15) is 4.72 Å². The molecule has 1 heterocycles. The van der Waals surface area contributed by atoms with Crippen molar-refractivity contribution in [3.8, 4) is 0 Å². The van der Waals surface area contributed by atoms with Gasteiger partial charge >= 0.3 is 0 Å². The monoisotopic (exact) mass is 633 g/mol. The van der Waals surface area contributed by atoms with Crippen molar-refractivity contribution in [2.75, 3.05) is 13.1 Å². The maximum Gasteiger partial charge on any atom is 0.292 e. The van der Waals surface area contributed by atoms with E-state index in [4.69, 9.17) is 11.6 Å². The third-order valence-electron chi connectivity index (χ3n) is 8.18. The molecule has 0 bridgehead atoms. The van der Waals surface area contributed by atoms with Crippen LogP contribution in [-0.2, 0) is 26.0 Å². The Morgan fingerprint density at radius 1 is 1.07 bits per heavy atom. The number of aryl methyl sites for hydroxylation is 1. The fourth-order valence-electron chi connectivity index (χ4n) is 6.00. The number of para-hydroxylation sites is 1. The number of sulfonamides is 1. The van der Waals surface area contributed by atoms with Crippen LogP contribution in [0.1, 0.15) is 63.5 Å². The predicted molar refractivity (Wildman–Crippen MR) is 164 cm³/mol. The minimum Gasteiger partial charge on any atom is -0.335 e. The molecular weight excluding hydrogens is 594 g/mol. The van der Waals surface area contributed by atoms with E-state index in [1.807, 2.05) is 18.7 Å². The van der Waals surface area contributed by atoms with Crippen LogP contribution in [0.5, 0.6) is 0 Å². The van der Waals surface area contributed by atoms with E-state index in [1.54, 1.807) is 29.3 Å². The van der Waals surface area contributed by atoms with Crippen LogP contribution in [0.4, 0.5) is 5.69 Å². The first-order chi connectivity index (χ1) is 20.4. The Labute approximate surface area is 258 Å². The van der Waals surface area contributed by atoms with Crippen molar-refractivity contribution >= 4 is 39.1 Å². The number of halogens is 1. The van der Waals surface area contributed by atoms with Crippen LogP contribution in [0.25, 0.3) is 0 Å². The van der Waals surface area contributed by atoms with Gasteiger partial charge in [-0.3, -0.25) is 25.1 Å². The van der Waals surface area contributed by atoms with Crippen molar-refractivity contribution in [3.63, 3.8) is 0 Å². The van der Waals surface area contributed by atoms with Gasteiger partial charge in [0.25, 0.3) is 11.6 Å². The van der Waals surface area contributed by atoms with E-state index in [0.29, 0.717) is 30.1 Å². The van der Waals surface area contributed by atoms with E-state index in [2.05, 4.69) is 10.1 Å². The van der Waals surface area contributed by atoms with Crippen molar-refractivity contribution < 1.29 is 22.9 Å². The number of carbonyl (C=O) groups is 2. The number of nitro benzene ring substituents is 1. The molecule has 2 atom stereocenters. The lowest BCUT2D eigenvalue weighted by molar-refractivity contribution is -0.388. The summed E-state index contributed by atoms with van der Waals surface area (Å²) in [6.45, 7) is 6.18. The minimum absolute atomic E-state index is 0.0147. The van der Waals surface area contributed by atoms with Crippen molar-refractivity contribution in [1.29, 1.82) is 0 Å². The largest absolute Gasteiger partial charge is 0.335 e. The average molecular weight is 634 g/mol. The first kappa shape index (κ1) is 32.8. The molecule has 13 heteroatoms. The quantitative estimate of drug-likeness (QED) is 0.276. The molecule has 0 unspecified atom stereocenters. The van der Waals surface area contributed by atoms with Crippen molar-refractivity contribution in [2.24, 2.45) is 5.92 Å². The molecule has 2 amide bonds. The summed E-state index contributed by atoms with van der Waals surface area (Å²) in [4.78, 5) is 39.5. The van der Waals surface area contributed by atoms with Crippen LogP contribution >= 0.6 is 11.6 Å². The van der Waals surface area contributed by atoms with E-state index in [0.717, 1.165) is 31.7 Å². The summed E-state index contributed by atoms with van der Waals surface area (Å²) in [6, 6.07) is 9.53. The molecule has 0 radical (unpaired) electrons. The molecule has 1 saturated heterocycles. The number of nitrogens with one attached hydrogen (secondary N) is 2. The van der Waals surface area contributed by atoms with Crippen LogP contribution in [-0.4, -0.2) is 66.3 Å². The van der Waals surface area contributed by atoms with Gasteiger partial charge in [0.05, 0.1) is 4.92 Å². The van der Waals surface area contributed by atoms with E-state index in [9.17, 15) is 28.1 Å². The number of rotatable bonds is 11. The molecule has 1 saturated carbocycles. The fourth-order valence-corrected chi connectivity index (χ4v) is 7.56. The third kappa shape index (κ3) is 8.11. The minimum atomic E-state index is -4.47. The first-order valence-electron chi connectivity index (χ1n) is 14.8. The highest BCUT2D eigenvalue weighted by molar-refractivity contribution is 7.89. The Bertz CT molecular complexity index is 1430. The number of hydrazine groups is 1. The SMILES string of the molecule is Cc1cccc(S(=O)(=O)N[C@H](Cc2ccc(Cl)cc2)C(=O)NN2CC[C@H](N(C(=O)C(C)C)C3CCCCC3)C2)c1[N+](=O)[O-]. The highest BCUT2D eigenvalue weighted by atomic mass is 35.5. The van der Waals surface area contributed by atoms with Gasteiger partial charge in [-0.1, -0.05) is 69.0 Å². The lowest BCUT2D eigenvalue weighted by Crippen LogP contribution is -2.54. The number of carbonyl (C=O) groups excluding carboxylic acids is 2. The third-order valence-corrected chi connectivity index (χ3v) is 9.94. The second-order valence-electron chi connectivity index (χ2n) is 11.7. The van der Waals surface area contributed by atoms with Crippen molar-refractivity contribution in [1.82, 2.24) is 20.1 Å². The summed E-state index contributed by atoms with van der Waals surface area (Å²) in [5.74, 6) is -0.638. The van der Waals surface area contributed by atoms with Crippen molar-refractivity contribution in [3.05, 3.63) is 68.7 Å². The van der Waals surface area contributed by atoms with Gasteiger partial charge in [-0.05, 0) is 56.4 Å². The second-order valence-corrected chi connectivity index (χ2v) is 13.9. The van der Waals surface area contributed by atoms with Gasteiger partial charge in [-0.15, -0.1) is 0 Å². The van der Waals surface area contributed by atoms with Gasteiger partial charge in [-0.25, -0.2) is 13.4 Å². The molecule has 2 N–H and O–H groups in total. The molecule has 0 aromatic heterocycles. The van der Waals surface area contributed by atoms with Gasteiger partial charge < -0.3 is 4.90 Å². The number of benzene rings is 2. The average Bonchev–Trinajstić information content (AvgIpc) is 3.41. The van der Waals surface area contributed by atoms with Crippen molar-refractivity contribution in [2.45, 2.75) is 88.7 Å². The lowest BCUT2D eigenvalue weighted by atomic mass is 9.92. The maximum atomic E-state index is 13.7. The predicted octanol–water partition coefficient (Wildman–Crippen LogP) is 4.37. The molecule has 4 rings (SSSR count). The van der Waals surface area contributed by atoms with Gasteiger partial charge in [0.15, 0.2) is 4.90 Å². The van der Waals surface area contributed by atoms with Crippen LogP contribution in [0.2, 0.25) is 5.02 Å². The van der Waals surface area contributed by atoms with E-state index in [-0.39, 0.29) is 35.9 Å². The van der Waals surface area contributed by atoms with Crippen LogP contribution < -0.4 is 10.1 Å². The van der Waals surface area contributed by atoms with E-state index < -0.39 is 37.5 Å². The summed E-state index contributed by atoms with van der Waals surface area (Å²) in [5, 5.41) is 14.0. The summed E-state index contributed by atoms with van der Waals surface area (Å²) in [7, 11) is -4.47. The molecule has 11 nitrogen and oxygen atoms in total. The first-order valence-corrected chi connectivity index (χ1v) is 16.6. The molecule has 0 spiro atoms. The number of nitrogens with zero attached hydrogens (tertiary/aromatic N) is 3. The van der Waals surface area contributed by atoms with E-state index in [1.165, 1.54) is 25.5 Å². The van der Waals surface area contributed by atoms with Crippen LogP contribution in [0.3, 0.4) is 0 Å². The zero-order valence-corrected chi connectivity index (χ0v) is 26.4. The zero-order chi connectivity index (χ0) is 31.3. The fraction of sp³-hybridized carbons (Fsp3) is 0.533. The standard InChI is InChI=1S/C30H40ClN5O6S/c1-20(2)30(38)35(24-9-5-4-6-10-24)25-16-17-34(19-25)32-29(37)26(18-22-12-14-23(31)15-13-22)33-43(41,42)27-11-7-8-21(3)28(27)36(39)40/h7-8,11-15,20,24-26,33H,4-6,9-10,16-19H2,1-3H3,(H,32,37)/t25-,26+/m0/s1. The molecule has 1 aliphatic heterocycles. The Morgan fingerprint density at radius 2 is 1.74 bits per heavy atom. The topological polar surface area (TPSA) is 142 Å². The Hall–Kier alpha value is -3.06. The Balaban J connectivity index is 1.55. The molecule has 2 aromatic carbocycles. The smallest absolute Gasteiger partial charge is 0.292 e. The van der Waals surface area contributed by atoms with Gasteiger partial charge in [0.2, 0.25) is 15.9 Å². The summed E-state index contributed by atoms with van der Waals surface area (Å²) < 4.78 is 29.4. The van der Waals surface area contributed by atoms with Gasteiger partial charge in [0.1, 0.15) is 6.04 Å². The number of hydrogen-bond donors (Lipinski definition) is 2. The molecule has 43 heavy (non-hydrogen) atoms. The molecule has 1 aliphatic carbocycles. The van der Waals surface area contributed by atoms with Gasteiger partial charge in [0, 0.05) is 41.7 Å². The van der Waals surface area contributed by atoms with E-state index >= 15 is 0 Å². The summed E-state index contributed by atoms with van der Waals surface area (Å²) in [6.07, 6.45) is 5.95.